The van der Waals surface area contributed by atoms with Crippen molar-refractivity contribution in [2.75, 3.05) is 0 Å². The van der Waals surface area contributed by atoms with Gasteiger partial charge in [0, 0.05) is 11.6 Å². The van der Waals surface area contributed by atoms with Crippen molar-refractivity contribution in [1.82, 2.24) is 0 Å². The predicted octanol–water partition coefficient (Wildman–Crippen LogP) is 3.34. The summed E-state index contributed by atoms with van der Waals surface area (Å²) in [6, 6.07) is 9.25. The fourth-order valence-electron chi connectivity index (χ4n) is 1.45. The van der Waals surface area contributed by atoms with Crippen molar-refractivity contribution < 1.29 is 13.7 Å². The molecule has 0 saturated carbocycles. The summed E-state index contributed by atoms with van der Waals surface area (Å²) in [7, 11) is 0. The fraction of sp³-hybridized carbons (Fsp3) is 0. The van der Waals surface area contributed by atoms with E-state index in [-0.39, 0.29) is 16.8 Å². The molecule has 5 heteroatoms. The second-order valence-corrected chi connectivity index (χ2v) is 3.34. The summed E-state index contributed by atoms with van der Waals surface area (Å²) >= 11 is 0. The molecule has 0 amide bonds. The second kappa shape index (κ2) is 4.29. The third-order valence-electron chi connectivity index (χ3n) is 2.22. The molecular weight excluding hydrogens is 228 g/mol. The van der Waals surface area contributed by atoms with Crippen LogP contribution in [0, 0.1) is 27.8 Å². The zero-order chi connectivity index (χ0) is 12.4. The first-order valence-electron chi connectivity index (χ1n) is 4.69. The van der Waals surface area contributed by atoms with Gasteiger partial charge in [-0.25, -0.2) is 8.78 Å². The van der Waals surface area contributed by atoms with Crippen molar-refractivity contribution in [3.8, 4) is 11.1 Å². The molecular formula is C12H6F2NO2. The molecule has 1 radical (unpaired) electrons. The lowest BCUT2D eigenvalue weighted by Gasteiger charge is -2.03. The van der Waals surface area contributed by atoms with Crippen molar-refractivity contribution in [2.45, 2.75) is 0 Å². The standard InChI is InChI=1S/C12H6F2NO2/c13-9-4-5-12(14)11(7-9)8-2-1-3-10(6-8)15(16)17/h1-2,4-7H. The molecule has 0 unspecified atom stereocenters. The zero-order valence-corrected chi connectivity index (χ0v) is 8.48. The van der Waals surface area contributed by atoms with Crippen LogP contribution in [0.4, 0.5) is 14.5 Å². The van der Waals surface area contributed by atoms with Crippen LogP contribution in [0.25, 0.3) is 11.1 Å². The molecule has 2 aromatic carbocycles. The first kappa shape index (κ1) is 11.2. The van der Waals surface area contributed by atoms with E-state index in [0.29, 0.717) is 0 Å². The molecule has 0 fully saturated rings. The van der Waals surface area contributed by atoms with E-state index >= 15 is 0 Å². The Morgan fingerprint density at radius 3 is 2.65 bits per heavy atom. The Hall–Kier alpha value is -2.30. The maximum absolute atomic E-state index is 13.4. The molecule has 3 nitrogen and oxygen atoms in total. The van der Waals surface area contributed by atoms with Gasteiger partial charge in [0.2, 0.25) is 0 Å². The minimum absolute atomic E-state index is 0.0119. The van der Waals surface area contributed by atoms with Crippen LogP contribution < -0.4 is 0 Å². The first-order chi connectivity index (χ1) is 8.08. The Balaban J connectivity index is 2.56. The van der Waals surface area contributed by atoms with Gasteiger partial charge in [0.15, 0.2) is 0 Å². The van der Waals surface area contributed by atoms with Crippen molar-refractivity contribution in [3.63, 3.8) is 0 Å². The van der Waals surface area contributed by atoms with Crippen molar-refractivity contribution in [1.29, 1.82) is 0 Å². The molecule has 2 rings (SSSR count). The summed E-state index contributed by atoms with van der Waals surface area (Å²) in [6.07, 6.45) is 0. The van der Waals surface area contributed by atoms with Crippen LogP contribution in [0.2, 0.25) is 0 Å². The van der Waals surface area contributed by atoms with Crippen LogP contribution >= 0.6 is 0 Å². The quantitative estimate of drug-likeness (QED) is 0.590. The number of hydrogen-bond donors (Lipinski definition) is 0. The molecule has 0 aliphatic carbocycles. The van der Waals surface area contributed by atoms with E-state index in [1.807, 2.05) is 0 Å². The number of halogens is 2. The minimum atomic E-state index is -0.638. The molecule has 0 heterocycles. The van der Waals surface area contributed by atoms with Gasteiger partial charge >= 0.3 is 0 Å². The molecule has 0 atom stereocenters. The van der Waals surface area contributed by atoms with Gasteiger partial charge in [-0.1, -0.05) is 6.07 Å². The van der Waals surface area contributed by atoms with E-state index in [0.717, 1.165) is 24.3 Å². The molecule has 2 aromatic rings. The summed E-state index contributed by atoms with van der Waals surface area (Å²) in [5, 5.41) is 10.5. The highest BCUT2D eigenvalue weighted by Crippen LogP contribution is 2.26. The molecule has 0 bridgehead atoms. The Morgan fingerprint density at radius 1 is 1.18 bits per heavy atom. The monoisotopic (exact) mass is 234 g/mol. The van der Waals surface area contributed by atoms with Gasteiger partial charge in [0.25, 0.3) is 5.69 Å². The van der Waals surface area contributed by atoms with Crippen LogP contribution in [0.1, 0.15) is 0 Å². The average Bonchev–Trinajstić information content (AvgIpc) is 2.32. The van der Waals surface area contributed by atoms with Gasteiger partial charge < -0.3 is 0 Å². The molecule has 0 aliphatic rings. The van der Waals surface area contributed by atoms with E-state index in [1.165, 1.54) is 12.1 Å². The van der Waals surface area contributed by atoms with Gasteiger partial charge in [-0.3, -0.25) is 10.1 Å². The first-order valence-corrected chi connectivity index (χ1v) is 4.69. The summed E-state index contributed by atoms with van der Waals surface area (Å²) in [5.74, 6) is -1.23. The Kier molecular flexibility index (Phi) is 2.82. The lowest BCUT2D eigenvalue weighted by molar-refractivity contribution is -0.385. The van der Waals surface area contributed by atoms with Gasteiger partial charge in [-0.05, 0) is 29.8 Å². The van der Waals surface area contributed by atoms with Crippen LogP contribution in [-0.4, -0.2) is 4.92 Å². The topological polar surface area (TPSA) is 43.1 Å². The summed E-state index contributed by atoms with van der Waals surface area (Å²) in [4.78, 5) is 9.90. The van der Waals surface area contributed by atoms with E-state index in [1.54, 1.807) is 0 Å². The number of hydrogen-bond acceptors (Lipinski definition) is 2. The summed E-state index contributed by atoms with van der Waals surface area (Å²) < 4.78 is 26.4. The van der Waals surface area contributed by atoms with Crippen LogP contribution in [0.5, 0.6) is 0 Å². The van der Waals surface area contributed by atoms with Gasteiger partial charge in [-0.2, -0.15) is 0 Å². The zero-order valence-electron chi connectivity index (χ0n) is 8.48. The van der Waals surface area contributed by atoms with E-state index < -0.39 is 16.6 Å². The minimum Gasteiger partial charge on any atom is -0.258 e. The molecule has 0 N–H and O–H groups in total. The van der Waals surface area contributed by atoms with Crippen LogP contribution in [0.15, 0.2) is 36.4 Å². The van der Waals surface area contributed by atoms with Crippen molar-refractivity contribution >= 4 is 5.69 Å². The lowest BCUT2D eigenvalue weighted by atomic mass is 10.0. The molecule has 0 aromatic heterocycles. The second-order valence-electron chi connectivity index (χ2n) is 3.34. The number of nitro benzene ring substituents is 1. The van der Waals surface area contributed by atoms with Crippen molar-refractivity contribution in [3.05, 3.63) is 64.2 Å². The summed E-state index contributed by atoms with van der Waals surface area (Å²) in [5.41, 5.74) is -0.0549. The Labute approximate surface area is 95.5 Å². The van der Waals surface area contributed by atoms with Gasteiger partial charge in [0.05, 0.1) is 11.0 Å². The SMILES string of the molecule is O=[N+]([O-])c1[c]ccc(-c2cc(F)ccc2F)c1. The largest absolute Gasteiger partial charge is 0.278 e. The number of non-ortho nitro benzene ring substituents is 1. The predicted molar refractivity (Wildman–Crippen MR) is 57.3 cm³/mol. The lowest BCUT2D eigenvalue weighted by Crippen LogP contribution is -1.90. The van der Waals surface area contributed by atoms with Crippen molar-refractivity contribution in [2.24, 2.45) is 0 Å². The van der Waals surface area contributed by atoms with E-state index in [2.05, 4.69) is 6.07 Å². The number of nitro groups is 1. The molecule has 0 aliphatic heterocycles. The third-order valence-corrected chi connectivity index (χ3v) is 2.22. The highest BCUT2D eigenvalue weighted by Gasteiger charge is 2.11. The van der Waals surface area contributed by atoms with Crippen LogP contribution in [0.3, 0.4) is 0 Å². The van der Waals surface area contributed by atoms with Crippen LogP contribution in [-0.2, 0) is 0 Å². The molecule has 85 valence electrons. The summed E-state index contributed by atoms with van der Waals surface area (Å²) in [6.45, 7) is 0. The highest BCUT2D eigenvalue weighted by atomic mass is 19.1. The molecule has 17 heavy (non-hydrogen) atoms. The maximum atomic E-state index is 13.4. The Bertz CT molecular complexity index is 584. The molecule has 0 saturated heterocycles. The van der Waals surface area contributed by atoms with Gasteiger partial charge in [-0.15, -0.1) is 0 Å². The van der Waals surface area contributed by atoms with E-state index in [9.17, 15) is 18.9 Å². The Morgan fingerprint density at radius 2 is 1.94 bits per heavy atom. The third kappa shape index (κ3) is 2.28. The fourth-order valence-corrected chi connectivity index (χ4v) is 1.45. The average molecular weight is 234 g/mol. The van der Waals surface area contributed by atoms with E-state index in [4.69, 9.17) is 0 Å². The maximum Gasteiger partial charge on any atom is 0.278 e. The normalized spacial score (nSPS) is 10.2. The number of rotatable bonds is 2. The molecule has 0 spiro atoms. The highest BCUT2D eigenvalue weighted by molar-refractivity contribution is 5.66. The smallest absolute Gasteiger partial charge is 0.258 e. The van der Waals surface area contributed by atoms with Gasteiger partial charge in [0.1, 0.15) is 11.6 Å². The number of benzene rings is 2. The number of nitrogens with zero attached hydrogens (tertiary/aromatic N) is 1.